The molecule has 224 valence electrons. The Bertz CT molecular complexity index is 1140. The van der Waals surface area contributed by atoms with Gasteiger partial charge in [0.25, 0.3) is 0 Å². The summed E-state index contributed by atoms with van der Waals surface area (Å²) in [4.78, 5) is 32.3. The number of alkyl halides is 3. The summed E-state index contributed by atoms with van der Waals surface area (Å²) in [5, 5.41) is 27.7. The molecule has 0 bridgehead atoms. The van der Waals surface area contributed by atoms with Crippen molar-refractivity contribution in [2.24, 2.45) is 17.8 Å². The van der Waals surface area contributed by atoms with Gasteiger partial charge in [0.05, 0.1) is 5.92 Å². The second kappa shape index (κ2) is 14.3. The van der Waals surface area contributed by atoms with Gasteiger partial charge in [-0.05, 0) is 38.0 Å². The second-order valence-corrected chi connectivity index (χ2v) is 10.4. The quantitative estimate of drug-likeness (QED) is 0.353. The third-order valence-electron chi connectivity index (χ3n) is 7.39. The number of rotatable bonds is 6. The molecule has 1 aliphatic heterocycles. The van der Waals surface area contributed by atoms with Crippen LogP contribution in [0.4, 0.5) is 30.8 Å². The maximum atomic E-state index is 11.9. The summed E-state index contributed by atoms with van der Waals surface area (Å²) in [5.41, 5.74) is 2.03. The van der Waals surface area contributed by atoms with Crippen LogP contribution in [0, 0.1) is 24.7 Å². The number of carboxylic acids is 2. The Balaban J connectivity index is 0.000000556. The van der Waals surface area contributed by atoms with E-state index >= 15 is 0 Å². The van der Waals surface area contributed by atoms with Gasteiger partial charge in [-0.2, -0.15) is 50.2 Å². The molecule has 4 N–H and O–H groups in total. The number of aromatic nitrogens is 4. The van der Waals surface area contributed by atoms with Gasteiger partial charge in [0.2, 0.25) is 5.95 Å². The highest BCUT2D eigenvalue weighted by atomic mass is 32.1. The molecule has 2 aromatic heterocycles. The number of aryl methyl sites for hydroxylation is 1. The zero-order chi connectivity index (χ0) is 27.4. The number of H-pyrrole nitrogens is 1. The summed E-state index contributed by atoms with van der Waals surface area (Å²) in [5.74, 6) is -0.136. The lowest BCUT2D eigenvalue weighted by atomic mass is 9.74. The first-order valence-corrected chi connectivity index (χ1v) is 13.0. The van der Waals surface area contributed by atoms with Crippen molar-refractivity contribution in [1.82, 2.24) is 20.2 Å². The zero-order valence-corrected chi connectivity index (χ0v) is 24.2. The number of halogens is 3. The van der Waals surface area contributed by atoms with E-state index < -0.39 is 18.1 Å². The van der Waals surface area contributed by atoms with Gasteiger partial charge in [-0.3, -0.25) is 9.89 Å². The number of aliphatic carboxylic acids is 2. The van der Waals surface area contributed by atoms with E-state index in [2.05, 4.69) is 31.5 Å². The van der Waals surface area contributed by atoms with E-state index in [1.165, 1.54) is 50.6 Å². The van der Waals surface area contributed by atoms with E-state index in [9.17, 15) is 23.1 Å². The Kier molecular flexibility index (Phi) is 12.0. The van der Waals surface area contributed by atoms with Gasteiger partial charge in [0, 0.05) is 42.5 Å². The maximum absolute atomic E-state index is 11.9. The van der Waals surface area contributed by atoms with Crippen LogP contribution in [0.1, 0.15) is 68.7 Å². The molecule has 10 nitrogen and oxygen atoms in total. The number of piperidine rings is 1. The number of nitrogens with one attached hydrogen (secondary N) is 2. The van der Waals surface area contributed by atoms with Crippen molar-refractivity contribution < 1.29 is 33.0 Å². The van der Waals surface area contributed by atoms with Gasteiger partial charge in [-0.15, -0.1) is 0 Å². The Morgan fingerprint density at radius 1 is 0.975 bits per heavy atom. The van der Waals surface area contributed by atoms with Crippen LogP contribution in [0.3, 0.4) is 0 Å². The van der Waals surface area contributed by atoms with Crippen LogP contribution < -0.4 is 10.2 Å². The van der Waals surface area contributed by atoms with Gasteiger partial charge >= 0.3 is 18.1 Å². The molecular weight excluding hydrogens is 569 g/mol. The van der Waals surface area contributed by atoms with Gasteiger partial charge in [0.1, 0.15) is 5.82 Å². The van der Waals surface area contributed by atoms with Crippen molar-refractivity contribution in [2.75, 3.05) is 23.3 Å². The molecule has 2 aliphatic carbocycles. The maximum Gasteiger partial charge on any atom is 0.490 e. The molecule has 2 saturated carbocycles. The van der Waals surface area contributed by atoms with Crippen LogP contribution in [0.25, 0.3) is 0 Å². The van der Waals surface area contributed by atoms with Crippen LogP contribution in [0.2, 0.25) is 0 Å². The van der Waals surface area contributed by atoms with Crippen molar-refractivity contribution >= 4 is 56.5 Å². The highest BCUT2D eigenvalue weighted by Gasteiger charge is 2.38. The fraction of sp³-hybridized carbons (Fsp3) is 0.640. The fourth-order valence-electron chi connectivity index (χ4n) is 5.32. The summed E-state index contributed by atoms with van der Waals surface area (Å²) in [6.07, 6.45) is 4.40. The van der Waals surface area contributed by atoms with Crippen LogP contribution in [0.5, 0.6) is 0 Å². The number of carbonyl (C=O) groups is 2. The summed E-state index contributed by atoms with van der Waals surface area (Å²) < 4.78 is 31.7. The number of hydrogen-bond acceptors (Lipinski definition) is 7. The summed E-state index contributed by atoms with van der Waals surface area (Å²) in [7, 11) is 0. The van der Waals surface area contributed by atoms with E-state index in [0.717, 1.165) is 24.5 Å². The van der Waals surface area contributed by atoms with Crippen molar-refractivity contribution in [2.45, 2.75) is 70.4 Å². The lowest BCUT2D eigenvalue weighted by Gasteiger charge is -2.41. The van der Waals surface area contributed by atoms with Crippen LogP contribution in [-0.4, -0.2) is 61.6 Å². The summed E-state index contributed by atoms with van der Waals surface area (Å²) >= 11 is 0. The van der Waals surface area contributed by atoms with Crippen LogP contribution in [0.15, 0.2) is 12.1 Å². The highest BCUT2D eigenvalue weighted by molar-refractivity contribution is 7.59. The smallest absolute Gasteiger partial charge is 0.481 e. The monoisotopic (exact) mass is 606 g/mol. The van der Waals surface area contributed by atoms with Crippen molar-refractivity contribution in [3.8, 4) is 0 Å². The van der Waals surface area contributed by atoms with E-state index in [-0.39, 0.29) is 32.9 Å². The minimum absolute atomic E-state index is 0. The molecule has 2 atom stereocenters. The Morgan fingerprint density at radius 3 is 2.20 bits per heavy atom. The molecule has 3 aliphatic rings. The van der Waals surface area contributed by atoms with Crippen LogP contribution in [-0.2, 0) is 9.59 Å². The third kappa shape index (κ3) is 9.18. The van der Waals surface area contributed by atoms with E-state index in [0.29, 0.717) is 36.1 Å². The van der Waals surface area contributed by atoms with Crippen molar-refractivity contribution in [3.05, 3.63) is 23.5 Å². The summed E-state index contributed by atoms with van der Waals surface area (Å²) in [6.45, 7) is 3.26. The Morgan fingerprint density at radius 2 is 1.62 bits per heavy atom. The molecule has 0 radical (unpaired) electrons. The predicted octanol–water partition coefficient (Wildman–Crippen LogP) is 5.10. The number of aromatic amines is 1. The van der Waals surface area contributed by atoms with Gasteiger partial charge in [-0.1, -0.05) is 32.1 Å². The number of hydrogen-bond donors (Lipinski definition) is 4. The Labute approximate surface area is 244 Å². The molecule has 3 fully saturated rings. The molecule has 40 heavy (non-hydrogen) atoms. The molecule has 0 amide bonds. The van der Waals surface area contributed by atoms with E-state index in [1.807, 2.05) is 13.0 Å². The molecular formula is C25H37F3N6O4S2. The minimum atomic E-state index is -5.08. The fourth-order valence-corrected chi connectivity index (χ4v) is 5.32. The van der Waals surface area contributed by atoms with Gasteiger partial charge < -0.3 is 20.4 Å². The molecule has 15 heteroatoms. The molecule has 5 rings (SSSR count). The predicted molar refractivity (Wildman–Crippen MR) is 153 cm³/mol. The first-order valence-electron chi connectivity index (χ1n) is 13.0. The lowest BCUT2D eigenvalue weighted by molar-refractivity contribution is -0.192. The second-order valence-electron chi connectivity index (χ2n) is 10.4. The average Bonchev–Trinajstić information content (AvgIpc) is 3.62. The molecule has 3 heterocycles. The normalized spacial score (nSPS) is 21.2. The number of nitrogens with zero attached hydrogens (tertiary/aromatic N) is 4. The van der Waals surface area contributed by atoms with E-state index in [1.54, 1.807) is 0 Å². The molecule has 0 aromatic carbocycles. The number of carboxylic acid groups (broad SMARTS) is 2. The topological polar surface area (TPSA) is 144 Å². The van der Waals surface area contributed by atoms with Crippen molar-refractivity contribution in [3.63, 3.8) is 0 Å². The number of anilines is 3. The molecule has 0 spiro atoms. The first kappa shape index (κ1) is 33.5. The lowest BCUT2D eigenvalue weighted by Crippen LogP contribution is -2.46. The largest absolute Gasteiger partial charge is 0.490 e. The average molecular weight is 607 g/mol. The molecule has 0 unspecified atom stereocenters. The first-order chi connectivity index (χ1) is 18.0. The van der Waals surface area contributed by atoms with Gasteiger partial charge in [0.15, 0.2) is 5.82 Å². The van der Waals surface area contributed by atoms with E-state index in [4.69, 9.17) is 14.9 Å². The third-order valence-corrected chi connectivity index (χ3v) is 7.39. The highest BCUT2D eigenvalue weighted by Crippen LogP contribution is 2.40. The minimum Gasteiger partial charge on any atom is -0.481 e. The zero-order valence-electron chi connectivity index (χ0n) is 22.2. The molecule has 1 saturated heterocycles. The summed E-state index contributed by atoms with van der Waals surface area (Å²) in [6, 6.07) is 3.96. The van der Waals surface area contributed by atoms with Crippen molar-refractivity contribution in [1.29, 1.82) is 0 Å². The SMILES string of the molecule is Cc1cc(Nc2cc(C3CC3)[nH]n2)nc(N2C[C@@H](C(=O)O)C[C@@H](C3CCCCC3)C2)n1.O=C(O)C(F)(F)F.S.S. The Hall–Kier alpha value is -2.68. The van der Waals surface area contributed by atoms with Gasteiger partial charge in [-0.25, -0.2) is 9.78 Å². The van der Waals surface area contributed by atoms with Crippen LogP contribution >= 0.6 is 27.0 Å². The standard InChI is InChI=1S/C23H32N6O2.C2HF3O2.2H2S/c1-14-9-20(25-21-11-19(27-28-21)16-7-8-16)26-23(24-14)29-12-17(10-18(13-29)22(30)31)15-5-3-2-4-6-15;3-2(4,5)1(6)7;;/h9,11,15-18H,2-8,10,12-13H2,1H3,(H,30,31)(H2,24,25,26,27,28);(H,6,7);2*1H2/t17-,18+;;;/m1.../s1. The molecule has 2 aromatic rings.